The molecule has 0 aliphatic carbocycles. The van der Waals surface area contributed by atoms with Gasteiger partial charge in [-0.05, 0) is 48.7 Å². The predicted octanol–water partition coefficient (Wildman–Crippen LogP) is 4.36. The molecule has 26 heavy (non-hydrogen) atoms. The molecule has 1 N–H and O–H groups in total. The molecule has 0 spiro atoms. The van der Waals surface area contributed by atoms with Crippen LogP contribution in [0.5, 0.6) is 0 Å². The highest BCUT2D eigenvalue weighted by atomic mass is 32.2. The molecule has 0 aliphatic rings. The van der Waals surface area contributed by atoms with E-state index in [9.17, 15) is 9.18 Å². The molecule has 0 atom stereocenters. The smallest absolute Gasteiger partial charge is 0.250 e. The van der Waals surface area contributed by atoms with Crippen molar-refractivity contribution < 1.29 is 18.4 Å². The molecule has 7 heteroatoms. The number of rotatable bonds is 7. The number of carbonyl (C=O) groups is 1. The molecule has 1 heterocycles. The lowest BCUT2D eigenvalue weighted by Crippen LogP contribution is -2.18. The lowest BCUT2D eigenvalue weighted by molar-refractivity contribution is -0.121. The number of thioether (sulfide) groups is 1. The molecule has 0 fully saturated rings. The van der Waals surface area contributed by atoms with E-state index in [0.29, 0.717) is 11.5 Å². The first-order valence-electron chi connectivity index (χ1n) is 7.87. The average molecular weight is 372 g/mol. The van der Waals surface area contributed by atoms with Crippen molar-refractivity contribution in [2.24, 2.45) is 0 Å². The summed E-state index contributed by atoms with van der Waals surface area (Å²) >= 11 is 1.60. The van der Waals surface area contributed by atoms with Crippen LogP contribution in [0.4, 0.5) is 10.1 Å². The van der Waals surface area contributed by atoms with E-state index < -0.39 is 0 Å². The zero-order chi connectivity index (χ0) is 18.4. The first kappa shape index (κ1) is 18.2. The third-order valence-electron chi connectivity index (χ3n) is 3.52. The first-order chi connectivity index (χ1) is 12.6. The molecule has 0 radical (unpaired) electrons. The summed E-state index contributed by atoms with van der Waals surface area (Å²) in [4.78, 5) is 13.0. The van der Waals surface area contributed by atoms with Crippen molar-refractivity contribution in [1.82, 2.24) is 5.16 Å². The van der Waals surface area contributed by atoms with E-state index in [2.05, 4.69) is 10.5 Å². The normalized spacial score (nSPS) is 10.7. The Morgan fingerprint density at radius 3 is 2.81 bits per heavy atom. The molecule has 1 aromatic heterocycles. The number of nitrogens with one attached hydrogen (secondary N) is 1. The van der Waals surface area contributed by atoms with E-state index in [-0.39, 0.29) is 24.9 Å². The Morgan fingerprint density at radius 2 is 2.04 bits per heavy atom. The molecule has 3 aromatic rings. The van der Waals surface area contributed by atoms with Crippen molar-refractivity contribution in [3.8, 4) is 11.3 Å². The third-order valence-corrected chi connectivity index (χ3v) is 4.25. The molecule has 3 rings (SSSR count). The van der Waals surface area contributed by atoms with Gasteiger partial charge in [0, 0.05) is 22.2 Å². The molecule has 1 amide bonds. The second kappa shape index (κ2) is 8.64. The molecule has 5 nitrogen and oxygen atoms in total. The molecule has 0 bridgehead atoms. The van der Waals surface area contributed by atoms with Gasteiger partial charge in [0.05, 0.1) is 6.61 Å². The first-order valence-corrected chi connectivity index (χ1v) is 9.10. The summed E-state index contributed by atoms with van der Waals surface area (Å²) < 4.78 is 23.5. The van der Waals surface area contributed by atoms with E-state index in [1.54, 1.807) is 30.0 Å². The minimum absolute atomic E-state index is 0.0950. The fourth-order valence-corrected chi connectivity index (χ4v) is 2.74. The van der Waals surface area contributed by atoms with Crippen molar-refractivity contribution in [1.29, 1.82) is 0 Å². The summed E-state index contributed by atoms with van der Waals surface area (Å²) in [6, 6.07) is 15.2. The van der Waals surface area contributed by atoms with Crippen molar-refractivity contribution in [3.63, 3.8) is 0 Å². The summed E-state index contributed by atoms with van der Waals surface area (Å²) in [6.45, 7) is 0.0468. The summed E-state index contributed by atoms with van der Waals surface area (Å²) in [5, 5.41) is 6.67. The van der Waals surface area contributed by atoms with Crippen molar-refractivity contribution in [2.45, 2.75) is 11.5 Å². The summed E-state index contributed by atoms with van der Waals surface area (Å²) in [6.07, 6.45) is 1.97. The minimum atomic E-state index is -0.314. The maximum absolute atomic E-state index is 12.9. The molecule has 0 aliphatic heterocycles. The number of hydrogen-bond donors (Lipinski definition) is 1. The lowest BCUT2D eigenvalue weighted by Gasteiger charge is -2.06. The van der Waals surface area contributed by atoms with Gasteiger partial charge >= 0.3 is 0 Å². The van der Waals surface area contributed by atoms with Crippen LogP contribution in [0.15, 0.2) is 64.0 Å². The van der Waals surface area contributed by atoms with Crippen LogP contribution in [-0.4, -0.2) is 23.9 Å². The maximum atomic E-state index is 12.9. The fourth-order valence-electron chi connectivity index (χ4n) is 2.28. The topological polar surface area (TPSA) is 64.4 Å². The van der Waals surface area contributed by atoms with E-state index in [1.807, 2.05) is 30.5 Å². The van der Waals surface area contributed by atoms with Crippen LogP contribution in [0.25, 0.3) is 11.3 Å². The lowest BCUT2D eigenvalue weighted by atomic mass is 10.1. The number of halogens is 1. The van der Waals surface area contributed by atoms with Gasteiger partial charge in [-0.15, -0.1) is 11.8 Å². The van der Waals surface area contributed by atoms with Gasteiger partial charge in [-0.2, -0.15) is 0 Å². The van der Waals surface area contributed by atoms with Crippen molar-refractivity contribution >= 4 is 23.4 Å². The highest BCUT2D eigenvalue weighted by Gasteiger charge is 2.09. The van der Waals surface area contributed by atoms with Gasteiger partial charge in [-0.25, -0.2) is 4.39 Å². The van der Waals surface area contributed by atoms with Gasteiger partial charge in [-0.1, -0.05) is 11.2 Å². The highest BCUT2D eigenvalue weighted by molar-refractivity contribution is 7.98. The number of ether oxygens (including phenoxy) is 1. The molecule has 0 unspecified atom stereocenters. The van der Waals surface area contributed by atoms with Gasteiger partial charge in [0.25, 0.3) is 0 Å². The Bertz CT molecular complexity index is 881. The van der Waals surface area contributed by atoms with Crippen LogP contribution >= 0.6 is 11.8 Å². The Kier molecular flexibility index (Phi) is 6.04. The third kappa shape index (κ3) is 4.93. The van der Waals surface area contributed by atoms with Crippen LogP contribution < -0.4 is 5.32 Å². The van der Waals surface area contributed by atoms with Gasteiger partial charge in [-0.3, -0.25) is 4.79 Å². The SMILES string of the molecule is CSc1cccc(NC(=O)COCc2cc(-c3ccc(F)cc3)on2)c1. The summed E-state index contributed by atoms with van der Waals surface area (Å²) in [5.41, 5.74) is 2.00. The average Bonchev–Trinajstić information content (AvgIpc) is 3.11. The second-order valence-corrected chi connectivity index (χ2v) is 6.34. The molecule has 0 saturated carbocycles. The van der Waals surface area contributed by atoms with Gasteiger partial charge in [0.2, 0.25) is 5.91 Å². The van der Waals surface area contributed by atoms with Crippen molar-refractivity contribution in [3.05, 3.63) is 66.1 Å². The van der Waals surface area contributed by atoms with Crippen LogP contribution in [0.2, 0.25) is 0 Å². The predicted molar refractivity (Wildman–Crippen MR) is 98.4 cm³/mol. The second-order valence-electron chi connectivity index (χ2n) is 5.46. The van der Waals surface area contributed by atoms with E-state index in [1.165, 1.54) is 12.1 Å². The Hall–Kier alpha value is -2.64. The van der Waals surface area contributed by atoms with Gasteiger partial charge in [0.15, 0.2) is 5.76 Å². The molecule has 2 aromatic carbocycles. The van der Waals surface area contributed by atoms with Crippen LogP contribution in [0.3, 0.4) is 0 Å². The quantitative estimate of drug-likeness (QED) is 0.625. The van der Waals surface area contributed by atoms with Gasteiger partial charge in [0.1, 0.15) is 18.1 Å². The number of hydrogen-bond acceptors (Lipinski definition) is 5. The Labute approximate surface area is 154 Å². The van der Waals surface area contributed by atoms with Crippen LogP contribution in [-0.2, 0) is 16.1 Å². The summed E-state index contributed by atoms with van der Waals surface area (Å²) in [5.74, 6) is -0.0432. The highest BCUT2D eigenvalue weighted by Crippen LogP contribution is 2.21. The molecule has 134 valence electrons. The number of anilines is 1. The molecule has 0 saturated heterocycles. The van der Waals surface area contributed by atoms with E-state index in [4.69, 9.17) is 9.26 Å². The number of carbonyl (C=O) groups excluding carboxylic acids is 1. The van der Waals surface area contributed by atoms with Crippen LogP contribution in [0.1, 0.15) is 5.69 Å². The number of nitrogens with zero attached hydrogens (tertiary/aromatic N) is 1. The molecular weight excluding hydrogens is 355 g/mol. The Balaban J connectivity index is 1.48. The number of amides is 1. The fraction of sp³-hybridized carbons (Fsp3) is 0.158. The molecular formula is C19H17FN2O3S. The van der Waals surface area contributed by atoms with E-state index >= 15 is 0 Å². The monoisotopic (exact) mass is 372 g/mol. The standard InChI is InChI=1S/C19H17FN2O3S/c1-26-17-4-2-3-15(9-17)21-19(23)12-24-11-16-10-18(25-22-16)13-5-7-14(20)8-6-13/h2-10H,11-12H2,1H3,(H,21,23). The zero-order valence-corrected chi connectivity index (χ0v) is 14.9. The van der Waals surface area contributed by atoms with Crippen molar-refractivity contribution in [2.75, 3.05) is 18.2 Å². The van der Waals surface area contributed by atoms with Gasteiger partial charge < -0.3 is 14.6 Å². The van der Waals surface area contributed by atoms with E-state index in [0.717, 1.165) is 16.1 Å². The largest absolute Gasteiger partial charge is 0.365 e. The minimum Gasteiger partial charge on any atom is -0.365 e. The Morgan fingerprint density at radius 1 is 1.23 bits per heavy atom. The number of benzene rings is 2. The van der Waals surface area contributed by atoms with Crippen LogP contribution in [0, 0.1) is 5.82 Å². The summed E-state index contributed by atoms with van der Waals surface area (Å²) in [7, 11) is 0. The number of aromatic nitrogens is 1. The maximum Gasteiger partial charge on any atom is 0.250 e. The zero-order valence-electron chi connectivity index (χ0n) is 14.1.